The van der Waals surface area contributed by atoms with Crippen molar-refractivity contribution in [3.05, 3.63) is 41.9 Å². The van der Waals surface area contributed by atoms with Crippen molar-refractivity contribution >= 4 is 0 Å². The molecule has 3 rings (SSSR count). The smallest absolute Gasteiger partial charge is 0.178 e. The topological polar surface area (TPSA) is 50.7 Å². The van der Waals surface area contributed by atoms with Crippen LogP contribution in [0.3, 0.4) is 0 Å². The first-order valence-electron chi connectivity index (χ1n) is 5.85. The fourth-order valence-electron chi connectivity index (χ4n) is 2.12. The van der Waals surface area contributed by atoms with E-state index in [0.717, 1.165) is 30.2 Å². The molecule has 4 nitrogen and oxygen atoms in total. The largest absolute Gasteiger partial charge is 0.310 e. The van der Waals surface area contributed by atoms with Gasteiger partial charge in [0.25, 0.3) is 0 Å². The van der Waals surface area contributed by atoms with Crippen LogP contribution in [0, 0.1) is 0 Å². The number of nitrogens with one attached hydrogen (secondary N) is 1. The number of hydrogen-bond acceptors (Lipinski definition) is 4. The van der Waals surface area contributed by atoms with Crippen molar-refractivity contribution < 1.29 is 0 Å². The highest BCUT2D eigenvalue weighted by Crippen LogP contribution is 2.22. The zero-order valence-electron chi connectivity index (χ0n) is 9.72. The molecule has 0 amide bonds. The summed E-state index contributed by atoms with van der Waals surface area (Å²) in [6, 6.07) is 6.13. The van der Waals surface area contributed by atoms with Gasteiger partial charge in [-0.3, -0.25) is 4.98 Å². The summed E-state index contributed by atoms with van der Waals surface area (Å²) in [7, 11) is 0. The van der Waals surface area contributed by atoms with Gasteiger partial charge >= 0.3 is 0 Å². The number of aromatic nitrogens is 3. The zero-order valence-corrected chi connectivity index (χ0v) is 9.72. The van der Waals surface area contributed by atoms with Gasteiger partial charge in [0.2, 0.25) is 0 Å². The average Bonchev–Trinajstić information content (AvgIpc) is 2.40. The summed E-state index contributed by atoms with van der Waals surface area (Å²) in [4.78, 5) is 13.3. The summed E-state index contributed by atoms with van der Waals surface area (Å²) in [5, 5.41) is 3.40. The van der Waals surface area contributed by atoms with Crippen LogP contribution in [0.5, 0.6) is 0 Å². The summed E-state index contributed by atoms with van der Waals surface area (Å²) in [6.45, 7) is 3.12. The van der Waals surface area contributed by atoms with Crippen LogP contribution in [0.25, 0.3) is 11.5 Å². The van der Waals surface area contributed by atoms with E-state index in [1.807, 2.05) is 24.4 Å². The fourth-order valence-corrected chi connectivity index (χ4v) is 2.12. The van der Waals surface area contributed by atoms with Gasteiger partial charge in [0, 0.05) is 37.0 Å². The van der Waals surface area contributed by atoms with Crippen molar-refractivity contribution in [1.29, 1.82) is 0 Å². The molecule has 4 heteroatoms. The van der Waals surface area contributed by atoms with E-state index in [1.54, 1.807) is 6.20 Å². The summed E-state index contributed by atoms with van der Waals surface area (Å²) in [5.41, 5.74) is 3.18. The number of hydrogen-bond donors (Lipinski definition) is 1. The maximum absolute atomic E-state index is 4.62. The summed E-state index contributed by atoms with van der Waals surface area (Å²) >= 11 is 0. The molecule has 1 aliphatic rings. The predicted molar refractivity (Wildman–Crippen MR) is 65.4 cm³/mol. The molecule has 1 unspecified atom stereocenters. The van der Waals surface area contributed by atoms with E-state index in [4.69, 9.17) is 0 Å². The van der Waals surface area contributed by atoms with Crippen LogP contribution >= 0.6 is 0 Å². The summed E-state index contributed by atoms with van der Waals surface area (Å²) in [5.74, 6) is 0.721. The average molecular weight is 226 g/mol. The van der Waals surface area contributed by atoms with E-state index < -0.39 is 0 Å². The zero-order chi connectivity index (χ0) is 11.7. The van der Waals surface area contributed by atoms with Crippen LogP contribution < -0.4 is 5.32 Å². The minimum Gasteiger partial charge on any atom is -0.310 e. The number of fused-ring (bicyclic) bond motifs is 1. The molecule has 1 aliphatic heterocycles. The standard InChI is InChI=1S/C13H14N4/c1-9-10-8-16-13(12-4-2-3-6-15-12)17-11(10)5-7-14-9/h2-4,6,8-9,14H,5,7H2,1H3. The van der Waals surface area contributed by atoms with Gasteiger partial charge in [0.15, 0.2) is 5.82 Å². The number of pyridine rings is 1. The molecule has 0 aliphatic carbocycles. The second kappa shape index (κ2) is 4.22. The molecule has 0 saturated carbocycles. The Kier molecular flexibility index (Phi) is 2.57. The molecule has 2 aromatic rings. The quantitative estimate of drug-likeness (QED) is 0.804. The van der Waals surface area contributed by atoms with Crippen LogP contribution in [0.4, 0.5) is 0 Å². The van der Waals surface area contributed by atoms with E-state index in [1.165, 1.54) is 5.56 Å². The lowest BCUT2D eigenvalue weighted by molar-refractivity contribution is 0.530. The fraction of sp³-hybridized carbons (Fsp3) is 0.308. The number of rotatable bonds is 1. The maximum atomic E-state index is 4.62. The molecule has 17 heavy (non-hydrogen) atoms. The van der Waals surface area contributed by atoms with Crippen LogP contribution in [0.2, 0.25) is 0 Å². The van der Waals surface area contributed by atoms with E-state index >= 15 is 0 Å². The Morgan fingerprint density at radius 2 is 2.24 bits per heavy atom. The van der Waals surface area contributed by atoms with Crippen LogP contribution in [-0.2, 0) is 6.42 Å². The molecule has 3 heterocycles. The second-order valence-electron chi connectivity index (χ2n) is 4.24. The molecule has 0 saturated heterocycles. The van der Waals surface area contributed by atoms with Gasteiger partial charge in [-0.1, -0.05) is 6.07 Å². The van der Waals surface area contributed by atoms with Gasteiger partial charge in [-0.15, -0.1) is 0 Å². The van der Waals surface area contributed by atoms with Gasteiger partial charge in [-0.25, -0.2) is 9.97 Å². The van der Waals surface area contributed by atoms with Gasteiger partial charge in [0.1, 0.15) is 5.69 Å². The highest BCUT2D eigenvalue weighted by molar-refractivity contribution is 5.49. The highest BCUT2D eigenvalue weighted by atomic mass is 15.0. The molecule has 0 radical (unpaired) electrons. The molecular weight excluding hydrogens is 212 g/mol. The molecule has 2 aromatic heterocycles. The van der Waals surface area contributed by atoms with Gasteiger partial charge < -0.3 is 5.32 Å². The number of nitrogens with zero attached hydrogens (tertiary/aromatic N) is 3. The van der Waals surface area contributed by atoms with Crippen LogP contribution in [0.15, 0.2) is 30.6 Å². The van der Waals surface area contributed by atoms with Crippen molar-refractivity contribution in [3.8, 4) is 11.5 Å². The Bertz CT molecular complexity index is 524. The van der Waals surface area contributed by atoms with E-state index in [2.05, 4.69) is 27.2 Å². The van der Waals surface area contributed by atoms with Crippen LogP contribution in [0.1, 0.15) is 24.2 Å². The minimum absolute atomic E-state index is 0.344. The first kappa shape index (κ1) is 10.4. The van der Waals surface area contributed by atoms with Crippen molar-refractivity contribution in [2.75, 3.05) is 6.54 Å². The Labute approximate surface area is 100 Å². The van der Waals surface area contributed by atoms with E-state index in [-0.39, 0.29) is 0 Å². The first-order chi connectivity index (χ1) is 8.34. The Balaban J connectivity index is 2.04. The van der Waals surface area contributed by atoms with Crippen molar-refractivity contribution in [1.82, 2.24) is 20.3 Å². The first-order valence-corrected chi connectivity index (χ1v) is 5.85. The van der Waals surface area contributed by atoms with E-state index in [0.29, 0.717) is 6.04 Å². The Hall–Kier alpha value is -1.81. The lowest BCUT2D eigenvalue weighted by Crippen LogP contribution is -2.28. The predicted octanol–water partition coefficient (Wildman–Crippen LogP) is 1.75. The second-order valence-corrected chi connectivity index (χ2v) is 4.24. The molecule has 0 aromatic carbocycles. The molecule has 1 N–H and O–H groups in total. The maximum Gasteiger partial charge on any atom is 0.178 e. The summed E-state index contributed by atoms with van der Waals surface area (Å²) < 4.78 is 0. The summed E-state index contributed by atoms with van der Waals surface area (Å²) in [6.07, 6.45) is 4.65. The SMILES string of the molecule is CC1NCCc2nc(-c3ccccn3)ncc21. The lowest BCUT2D eigenvalue weighted by atomic mass is 10.0. The molecular formula is C13H14N4. The minimum atomic E-state index is 0.344. The monoisotopic (exact) mass is 226 g/mol. The third kappa shape index (κ3) is 1.91. The molecule has 1 atom stereocenters. The molecule has 0 spiro atoms. The third-order valence-electron chi connectivity index (χ3n) is 3.07. The molecule has 86 valence electrons. The van der Waals surface area contributed by atoms with Crippen molar-refractivity contribution in [2.24, 2.45) is 0 Å². The van der Waals surface area contributed by atoms with Crippen molar-refractivity contribution in [3.63, 3.8) is 0 Å². The van der Waals surface area contributed by atoms with Crippen molar-refractivity contribution in [2.45, 2.75) is 19.4 Å². The molecule has 0 bridgehead atoms. The normalized spacial score (nSPS) is 18.8. The van der Waals surface area contributed by atoms with E-state index in [9.17, 15) is 0 Å². The van der Waals surface area contributed by atoms with Gasteiger partial charge in [-0.2, -0.15) is 0 Å². The highest BCUT2D eigenvalue weighted by Gasteiger charge is 2.18. The van der Waals surface area contributed by atoms with Gasteiger partial charge in [-0.05, 0) is 19.1 Å². The third-order valence-corrected chi connectivity index (χ3v) is 3.07. The van der Waals surface area contributed by atoms with Crippen LogP contribution in [-0.4, -0.2) is 21.5 Å². The van der Waals surface area contributed by atoms with Gasteiger partial charge in [0.05, 0.1) is 5.69 Å². The molecule has 0 fully saturated rings. The Morgan fingerprint density at radius 1 is 1.29 bits per heavy atom. The Morgan fingerprint density at radius 3 is 3.06 bits per heavy atom. The lowest BCUT2D eigenvalue weighted by Gasteiger charge is -2.22.